The van der Waals surface area contributed by atoms with Crippen molar-refractivity contribution in [1.29, 1.82) is 0 Å². The molecular weight excluding hydrogens is 444 g/mol. The molecule has 33 heavy (non-hydrogen) atoms. The Hall–Kier alpha value is -2.80. The summed E-state index contributed by atoms with van der Waals surface area (Å²) < 4.78 is 0. The normalized spacial score (nSPS) is 16.5. The number of carbonyl (C=O) groups excluding carboxylic acids is 8. The molecule has 0 aliphatic carbocycles. The summed E-state index contributed by atoms with van der Waals surface area (Å²) in [5, 5.41) is 43.0. The monoisotopic (exact) mass is 472 g/mol. The Morgan fingerprint density at radius 3 is 0.727 bits per heavy atom. The van der Waals surface area contributed by atoms with Gasteiger partial charge < -0.3 is 20.4 Å². The highest BCUT2D eigenvalue weighted by molar-refractivity contribution is 6.08. The van der Waals surface area contributed by atoms with Gasteiger partial charge in [-0.05, 0) is 27.7 Å². The second kappa shape index (κ2) is 12.4. The van der Waals surface area contributed by atoms with Crippen LogP contribution >= 0.6 is 0 Å². The third kappa shape index (κ3) is 7.63. The van der Waals surface area contributed by atoms with Crippen LogP contribution in [0.15, 0.2) is 0 Å². The largest absolute Gasteiger partial charge is 0.384 e. The lowest BCUT2D eigenvalue weighted by molar-refractivity contribution is -0.200. The number of hydrogen-bond acceptors (Lipinski definition) is 12. The van der Waals surface area contributed by atoms with Crippen molar-refractivity contribution in [1.82, 2.24) is 0 Å². The summed E-state index contributed by atoms with van der Waals surface area (Å²) >= 11 is 0. The van der Waals surface area contributed by atoms with Crippen LogP contribution in [0.25, 0.3) is 0 Å². The smallest absolute Gasteiger partial charge is 0.169 e. The molecule has 4 unspecified atom stereocenters. The molecule has 12 heteroatoms. The molecule has 0 aromatic rings. The second-order valence-corrected chi connectivity index (χ2v) is 7.99. The van der Waals surface area contributed by atoms with E-state index in [0.717, 1.165) is 27.7 Å². The van der Waals surface area contributed by atoms with Gasteiger partial charge in [-0.25, -0.2) is 0 Å². The Labute approximate surface area is 189 Å². The van der Waals surface area contributed by atoms with Crippen LogP contribution in [0.2, 0.25) is 0 Å². The molecular formula is C21H28O12. The first-order valence-electron chi connectivity index (χ1n) is 9.80. The van der Waals surface area contributed by atoms with E-state index in [4.69, 9.17) is 0 Å². The maximum absolute atomic E-state index is 12.5. The number of carbonyl (C=O) groups is 8. The molecule has 0 aromatic carbocycles. The van der Waals surface area contributed by atoms with E-state index in [2.05, 4.69) is 0 Å². The van der Waals surface area contributed by atoms with E-state index in [0.29, 0.717) is 0 Å². The van der Waals surface area contributed by atoms with Crippen LogP contribution in [0.1, 0.15) is 53.4 Å². The summed E-state index contributed by atoms with van der Waals surface area (Å²) in [7, 11) is 0. The molecule has 0 saturated carbocycles. The molecule has 0 amide bonds. The Kier molecular flexibility index (Phi) is 11.4. The molecule has 0 aromatic heterocycles. The molecule has 12 nitrogen and oxygen atoms in total. The molecule has 4 atom stereocenters. The van der Waals surface area contributed by atoms with Crippen molar-refractivity contribution in [3.63, 3.8) is 0 Å². The van der Waals surface area contributed by atoms with Crippen molar-refractivity contribution < 1.29 is 58.8 Å². The SMILES string of the molecule is CC(=O)CC(=O)C(O)C(C(O)C(=O)CC(C)=O)(C(O)C(=O)CC(C)=O)C(O)C(=O)CC(C)=O. The minimum atomic E-state index is -3.42. The van der Waals surface area contributed by atoms with Crippen LogP contribution in [-0.2, 0) is 38.4 Å². The van der Waals surface area contributed by atoms with Gasteiger partial charge in [-0.15, -0.1) is 0 Å². The van der Waals surface area contributed by atoms with E-state index in [1.165, 1.54) is 0 Å². The van der Waals surface area contributed by atoms with Crippen LogP contribution in [0.4, 0.5) is 0 Å². The number of rotatable bonds is 16. The van der Waals surface area contributed by atoms with E-state index in [1.807, 2.05) is 0 Å². The number of Topliss-reactive ketones (excluding diaryl/α,β-unsaturated/α-hetero) is 8. The molecule has 4 N–H and O–H groups in total. The maximum Gasteiger partial charge on any atom is 0.169 e. The van der Waals surface area contributed by atoms with Gasteiger partial charge in [-0.3, -0.25) is 38.4 Å². The van der Waals surface area contributed by atoms with Crippen LogP contribution in [0, 0.1) is 5.41 Å². The molecule has 0 aliphatic heterocycles. The zero-order valence-corrected chi connectivity index (χ0v) is 18.7. The van der Waals surface area contributed by atoms with Crippen molar-refractivity contribution in [3.05, 3.63) is 0 Å². The molecule has 0 rings (SSSR count). The first-order chi connectivity index (χ1) is 15.0. The van der Waals surface area contributed by atoms with E-state index >= 15 is 0 Å². The Balaban J connectivity index is 7.10. The van der Waals surface area contributed by atoms with Crippen LogP contribution in [-0.4, -0.2) is 91.1 Å². The molecule has 0 radical (unpaired) electrons. The predicted octanol–water partition coefficient (Wildman–Crippen LogP) is -2.39. The van der Waals surface area contributed by atoms with Gasteiger partial charge in [0.25, 0.3) is 0 Å². The maximum atomic E-state index is 12.5. The highest BCUT2D eigenvalue weighted by Crippen LogP contribution is 2.39. The first-order valence-corrected chi connectivity index (χ1v) is 9.80. The summed E-state index contributed by atoms with van der Waals surface area (Å²) in [5.74, 6) is -9.25. The second-order valence-electron chi connectivity index (χ2n) is 7.99. The zero-order chi connectivity index (χ0) is 26.3. The summed E-state index contributed by atoms with van der Waals surface area (Å²) in [6, 6.07) is 0. The number of aliphatic hydroxyl groups is 4. The molecule has 0 bridgehead atoms. The Bertz CT molecular complexity index is 714. The molecule has 184 valence electrons. The Morgan fingerprint density at radius 1 is 0.455 bits per heavy atom. The first kappa shape index (κ1) is 30.2. The zero-order valence-electron chi connectivity index (χ0n) is 18.7. The lowest BCUT2D eigenvalue weighted by Gasteiger charge is -2.45. The van der Waals surface area contributed by atoms with Gasteiger partial charge in [0.1, 0.15) is 53.0 Å². The fourth-order valence-electron chi connectivity index (χ4n) is 3.38. The highest BCUT2D eigenvalue weighted by Gasteiger charge is 2.63. The predicted molar refractivity (Wildman–Crippen MR) is 108 cm³/mol. The summed E-state index contributed by atoms with van der Waals surface area (Å²) in [4.78, 5) is 95.6. The summed E-state index contributed by atoms with van der Waals surface area (Å²) in [6.45, 7) is 3.72. The van der Waals surface area contributed by atoms with Gasteiger partial charge in [0.2, 0.25) is 0 Å². The van der Waals surface area contributed by atoms with Crippen LogP contribution < -0.4 is 0 Å². The molecule has 0 aliphatic rings. The van der Waals surface area contributed by atoms with E-state index in [1.54, 1.807) is 0 Å². The topological polar surface area (TPSA) is 217 Å². The van der Waals surface area contributed by atoms with E-state index in [9.17, 15) is 58.8 Å². The van der Waals surface area contributed by atoms with E-state index in [-0.39, 0.29) is 0 Å². The van der Waals surface area contributed by atoms with Crippen molar-refractivity contribution in [3.8, 4) is 0 Å². The third-order valence-electron chi connectivity index (χ3n) is 4.81. The third-order valence-corrected chi connectivity index (χ3v) is 4.81. The van der Waals surface area contributed by atoms with Gasteiger partial charge in [-0.1, -0.05) is 0 Å². The van der Waals surface area contributed by atoms with E-state index < -0.39 is 102 Å². The molecule has 0 heterocycles. The molecule has 0 saturated heterocycles. The standard InChI is InChI=1S/C21H28O12/c1-9(22)5-13(26)17(30)21(18(31)14(27)6-10(2)23,19(32)15(28)7-11(3)24)20(33)16(29)8-12(4)25/h17-20,30-33H,5-8H2,1-4H3. The van der Waals surface area contributed by atoms with Crippen LogP contribution in [0.3, 0.4) is 0 Å². The van der Waals surface area contributed by atoms with Crippen molar-refractivity contribution in [2.75, 3.05) is 0 Å². The molecule has 0 spiro atoms. The van der Waals surface area contributed by atoms with Gasteiger partial charge in [0, 0.05) is 0 Å². The summed E-state index contributed by atoms with van der Waals surface area (Å²) in [5.41, 5.74) is -3.42. The minimum Gasteiger partial charge on any atom is -0.384 e. The quantitative estimate of drug-likeness (QED) is 0.173. The number of ketones is 8. The van der Waals surface area contributed by atoms with Crippen molar-refractivity contribution >= 4 is 46.3 Å². The van der Waals surface area contributed by atoms with Crippen LogP contribution in [0.5, 0.6) is 0 Å². The lowest BCUT2D eigenvalue weighted by Crippen LogP contribution is -2.68. The minimum absolute atomic E-state index is 0.827. The number of aliphatic hydroxyl groups excluding tert-OH is 4. The lowest BCUT2D eigenvalue weighted by atomic mass is 9.62. The molecule has 0 fully saturated rings. The van der Waals surface area contributed by atoms with Gasteiger partial charge >= 0.3 is 0 Å². The van der Waals surface area contributed by atoms with Crippen molar-refractivity contribution in [2.24, 2.45) is 5.41 Å². The van der Waals surface area contributed by atoms with Gasteiger partial charge in [-0.2, -0.15) is 0 Å². The fourth-order valence-corrected chi connectivity index (χ4v) is 3.38. The highest BCUT2D eigenvalue weighted by atomic mass is 16.3. The van der Waals surface area contributed by atoms with Gasteiger partial charge in [0.15, 0.2) is 23.1 Å². The fraction of sp³-hybridized carbons (Fsp3) is 0.619. The van der Waals surface area contributed by atoms with Gasteiger partial charge in [0.05, 0.1) is 25.7 Å². The average Bonchev–Trinajstić information content (AvgIpc) is 2.65. The number of hydrogen-bond donors (Lipinski definition) is 4. The summed E-state index contributed by atoms with van der Waals surface area (Å²) in [6.07, 6.45) is -15.7. The Morgan fingerprint density at radius 2 is 0.606 bits per heavy atom. The average molecular weight is 472 g/mol. The van der Waals surface area contributed by atoms with Crippen molar-refractivity contribution in [2.45, 2.75) is 77.8 Å².